The molecule has 4 rings (SSSR count). The van der Waals surface area contributed by atoms with Gasteiger partial charge in [0.15, 0.2) is 5.69 Å². The van der Waals surface area contributed by atoms with E-state index in [1.54, 1.807) is 20.0 Å². The molecular formula is C29H38N4O5. The Morgan fingerprint density at radius 2 is 2.05 bits per heavy atom. The van der Waals surface area contributed by atoms with Crippen LogP contribution in [0.1, 0.15) is 62.5 Å². The summed E-state index contributed by atoms with van der Waals surface area (Å²) < 4.78 is 12.6. The largest absolute Gasteiger partial charge is 0.464 e. The number of ether oxygens (including phenoxy) is 2. The lowest BCUT2D eigenvalue weighted by molar-refractivity contribution is -0.124. The number of methoxy groups -OCH3 is 1. The summed E-state index contributed by atoms with van der Waals surface area (Å²) >= 11 is 0. The fourth-order valence-corrected chi connectivity index (χ4v) is 5.12. The number of nitrogens with one attached hydrogen (secondary N) is 2. The maximum atomic E-state index is 13.1. The van der Waals surface area contributed by atoms with Crippen molar-refractivity contribution in [1.82, 2.24) is 9.55 Å². The number of carbonyl (C=O) groups is 2. The average molecular weight is 523 g/mol. The molecule has 1 aliphatic heterocycles. The molecule has 1 fully saturated rings. The number of fused-ring (bicyclic) bond motifs is 1. The van der Waals surface area contributed by atoms with Gasteiger partial charge < -0.3 is 29.8 Å². The number of aliphatic hydroxyl groups is 1. The minimum atomic E-state index is -0.829. The second-order valence-electron chi connectivity index (χ2n) is 10.6. The molecule has 2 aromatic heterocycles. The number of anilines is 2. The average Bonchev–Trinajstić information content (AvgIpc) is 3.51. The fourth-order valence-electron chi connectivity index (χ4n) is 5.12. The van der Waals surface area contributed by atoms with Crippen molar-refractivity contribution >= 4 is 34.3 Å². The Bertz CT molecular complexity index is 1260. The zero-order chi connectivity index (χ0) is 27.3. The number of amides is 1. The van der Waals surface area contributed by atoms with Crippen molar-refractivity contribution in [3.63, 3.8) is 0 Å². The lowest BCUT2D eigenvalue weighted by atomic mass is 10.0. The van der Waals surface area contributed by atoms with Crippen LogP contribution in [0.15, 0.2) is 42.6 Å². The van der Waals surface area contributed by atoms with E-state index in [9.17, 15) is 14.7 Å². The molecule has 9 heteroatoms. The van der Waals surface area contributed by atoms with Crippen molar-refractivity contribution in [3.8, 4) is 0 Å². The van der Waals surface area contributed by atoms with Gasteiger partial charge >= 0.3 is 5.97 Å². The molecule has 0 aliphatic carbocycles. The number of hydrogen-bond donors (Lipinski definition) is 3. The van der Waals surface area contributed by atoms with Crippen LogP contribution in [0.5, 0.6) is 0 Å². The Balaban J connectivity index is 1.72. The van der Waals surface area contributed by atoms with Crippen LogP contribution < -0.4 is 10.6 Å². The van der Waals surface area contributed by atoms with Crippen molar-refractivity contribution in [1.29, 1.82) is 0 Å². The highest BCUT2D eigenvalue weighted by Gasteiger charge is 2.30. The molecule has 1 aromatic carbocycles. The number of esters is 1. The number of nitrogens with zero attached hydrogens (tertiary/aromatic N) is 2. The first-order valence-electron chi connectivity index (χ1n) is 13.2. The smallest absolute Gasteiger partial charge is 0.356 e. The Kier molecular flexibility index (Phi) is 8.69. The van der Waals surface area contributed by atoms with Gasteiger partial charge in [-0.1, -0.05) is 30.3 Å². The Labute approximate surface area is 223 Å². The van der Waals surface area contributed by atoms with Crippen LogP contribution in [-0.2, 0) is 27.2 Å². The summed E-state index contributed by atoms with van der Waals surface area (Å²) in [6.45, 7) is 6.57. The zero-order valence-electron chi connectivity index (χ0n) is 22.6. The molecule has 0 spiro atoms. The molecule has 1 amide bonds. The van der Waals surface area contributed by atoms with E-state index in [-0.39, 0.29) is 17.6 Å². The monoisotopic (exact) mass is 522 g/mol. The summed E-state index contributed by atoms with van der Waals surface area (Å²) in [6.07, 6.45) is 4.73. The summed E-state index contributed by atoms with van der Waals surface area (Å²) in [7, 11) is 1.33. The van der Waals surface area contributed by atoms with E-state index in [4.69, 9.17) is 14.5 Å². The van der Waals surface area contributed by atoms with Crippen molar-refractivity contribution in [2.24, 2.45) is 0 Å². The molecule has 0 radical (unpaired) electrons. The van der Waals surface area contributed by atoms with Gasteiger partial charge in [-0.25, -0.2) is 9.78 Å². The molecule has 38 heavy (non-hydrogen) atoms. The number of carbonyl (C=O) groups excluding carboxylic acids is 2. The second kappa shape index (κ2) is 12.0. The van der Waals surface area contributed by atoms with Crippen LogP contribution in [0.25, 0.3) is 11.0 Å². The summed E-state index contributed by atoms with van der Waals surface area (Å²) in [4.78, 5) is 30.9. The molecule has 0 unspecified atom stereocenters. The van der Waals surface area contributed by atoms with Crippen molar-refractivity contribution in [2.75, 3.05) is 24.4 Å². The van der Waals surface area contributed by atoms with Gasteiger partial charge in [-0.3, -0.25) is 4.79 Å². The van der Waals surface area contributed by atoms with Crippen LogP contribution in [0.4, 0.5) is 11.4 Å². The van der Waals surface area contributed by atoms with Gasteiger partial charge in [-0.15, -0.1) is 0 Å². The lowest BCUT2D eigenvalue weighted by Gasteiger charge is -2.23. The molecule has 0 bridgehead atoms. The molecule has 2 atom stereocenters. The highest BCUT2D eigenvalue weighted by atomic mass is 16.5. The van der Waals surface area contributed by atoms with Crippen LogP contribution in [0.2, 0.25) is 0 Å². The Morgan fingerprint density at radius 1 is 1.29 bits per heavy atom. The molecule has 0 saturated carbocycles. The highest BCUT2D eigenvalue weighted by molar-refractivity contribution is 6.12. The molecule has 3 aromatic rings. The number of pyridine rings is 1. The molecule has 1 aliphatic rings. The van der Waals surface area contributed by atoms with E-state index >= 15 is 0 Å². The van der Waals surface area contributed by atoms with E-state index in [1.807, 2.05) is 35.8 Å². The van der Waals surface area contributed by atoms with Crippen molar-refractivity contribution in [2.45, 2.75) is 77.2 Å². The predicted molar refractivity (Wildman–Crippen MR) is 147 cm³/mol. The van der Waals surface area contributed by atoms with Crippen LogP contribution in [0, 0.1) is 0 Å². The summed E-state index contributed by atoms with van der Waals surface area (Å²) in [5.74, 6) is -0.833. The van der Waals surface area contributed by atoms with E-state index in [1.165, 1.54) is 12.7 Å². The lowest BCUT2D eigenvalue weighted by Crippen LogP contribution is -2.29. The topological polar surface area (TPSA) is 115 Å². The molecule has 204 valence electrons. The van der Waals surface area contributed by atoms with Crippen molar-refractivity contribution < 1.29 is 24.2 Å². The van der Waals surface area contributed by atoms with Crippen LogP contribution in [-0.4, -0.2) is 58.0 Å². The van der Waals surface area contributed by atoms with E-state index in [2.05, 4.69) is 22.8 Å². The SMILES string of the molecule is COC(=O)c1c(NC(=O)[C@@H]2CCCO2)c2cc(N[C@@H](C)CC(C)(C)O)cnc2n1CCCc1ccccc1. The molecular weight excluding hydrogens is 484 g/mol. The first kappa shape index (κ1) is 27.6. The third-order valence-electron chi connectivity index (χ3n) is 6.66. The minimum absolute atomic E-state index is 0.0350. The molecule has 3 heterocycles. The van der Waals surface area contributed by atoms with E-state index in [0.29, 0.717) is 42.7 Å². The highest BCUT2D eigenvalue weighted by Crippen LogP contribution is 2.34. The first-order chi connectivity index (χ1) is 18.2. The van der Waals surface area contributed by atoms with Gasteiger partial charge in [0.1, 0.15) is 11.8 Å². The predicted octanol–water partition coefficient (Wildman–Crippen LogP) is 4.53. The van der Waals surface area contributed by atoms with Gasteiger partial charge in [0, 0.05) is 24.6 Å². The van der Waals surface area contributed by atoms with Gasteiger partial charge in [0.2, 0.25) is 0 Å². The maximum absolute atomic E-state index is 13.1. The number of rotatable bonds is 11. The third kappa shape index (κ3) is 6.71. The quantitative estimate of drug-likeness (QED) is 0.317. The van der Waals surface area contributed by atoms with Gasteiger partial charge in [-0.2, -0.15) is 0 Å². The van der Waals surface area contributed by atoms with Gasteiger partial charge in [-0.05, 0) is 64.5 Å². The summed E-state index contributed by atoms with van der Waals surface area (Å²) in [5, 5.41) is 17.2. The number of aromatic nitrogens is 2. The van der Waals surface area contributed by atoms with Gasteiger partial charge in [0.25, 0.3) is 5.91 Å². The molecule has 1 saturated heterocycles. The minimum Gasteiger partial charge on any atom is -0.464 e. The second-order valence-corrected chi connectivity index (χ2v) is 10.6. The Morgan fingerprint density at radius 3 is 2.71 bits per heavy atom. The zero-order valence-corrected chi connectivity index (χ0v) is 22.6. The number of hydrogen-bond acceptors (Lipinski definition) is 7. The summed E-state index contributed by atoms with van der Waals surface area (Å²) in [6, 6.07) is 12.0. The third-order valence-corrected chi connectivity index (χ3v) is 6.66. The first-order valence-corrected chi connectivity index (χ1v) is 13.2. The summed E-state index contributed by atoms with van der Waals surface area (Å²) in [5.41, 5.74) is 2.32. The fraction of sp³-hybridized carbons (Fsp3) is 0.483. The Hall–Kier alpha value is -3.43. The number of benzene rings is 1. The van der Waals surface area contributed by atoms with E-state index in [0.717, 1.165) is 24.9 Å². The van der Waals surface area contributed by atoms with Crippen molar-refractivity contribution in [3.05, 3.63) is 53.9 Å². The van der Waals surface area contributed by atoms with Crippen LogP contribution in [0.3, 0.4) is 0 Å². The number of aryl methyl sites for hydroxylation is 2. The van der Waals surface area contributed by atoms with Crippen LogP contribution >= 0.6 is 0 Å². The molecule has 3 N–H and O–H groups in total. The maximum Gasteiger partial charge on any atom is 0.356 e. The standard InChI is InChI=1S/C29H38N4O5/c1-19(17-29(2,3)36)31-21-16-22-24(32-27(34)23-13-9-15-38-23)25(28(35)37-4)33(26(22)30-18-21)14-8-12-20-10-6-5-7-11-20/h5-7,10-11,16,18-19,23,31,36H,8-9,12-15,17H2,1-4H3,(H,32,34)/t19-,23-/m0/s1. The van der Waals surface area contributed by atoms with E-state index < -0.39 is 17.7 Å². The normalized spacial score (nSPS) is 16.4. The molecule has 9 nitrogen and oxygen atoms in total. The van der Waals surface area contributed by atoms with Gasteiger partial charge in [0.05, 0.1) is 30.3 Å².